The Morgan fingerprint density at radius 3 is 2.90 bits per heavy atom. The van der Waals surface area contributed by atoms with Gasteiger partial charge in [-0.1, -0.05) is 17.7 Å². The van der Waals surface area contributed by atoms with E-state index in [1.165, 1.54) is 18.2 Å². The molecule has 0 bridgehead atoms. The fourth-order valence-electron chi connectivity index (χ4n) is 1.86. The molecule has 3 aromatic rings. The molecule has 20 heavy (non-hydrogen) atoms. The molecular weight excluding hydrogens is 281 g/mol. The molecule has 2 aromatic carbocycles. The summed E-state index contributed by atoms with van der Waals surface area (Å²) in [6.45, 7) is 0. The lowest BCUT2D eigenvalue weighted by molar-refractivity contribution is 0.102. The van der Waals surface area contributed by atoms with Crippen LogP contribution in [0.15, 0.2) is 42.6 Å². The number of anilines is 1. The Kier molecular flexibility index (Phi) is 3.12. The van der Waals surface area contributed by atoms with Crippen LogP contribution in [0.4, 0.5) is 10.1 Å². The zero-order valence-electron chi connectivity index (χ0n) is 10.2. The molecule has 0 fully saturated rings. The zero-order valence-corrected chi connectivity index (χ0v) is 10.9. The number of fused-ring (bicyclic) bond motifs is 1. The van der Waals surface area contributed by atoms with E-state index < -0.39 is 5.82 Å². The molecule has 0 radical (unpaired) electrons. The first-order valence-electron chi connectivity index (χ1n) is 5.83. The van der Waals surface area contributed by atoms with Gasteiger partial charge in [0.15, 0.2) is 0 Å². The number of amides is 1. The number of aromatic amines is 1. The van der Waals surface area contributed by atoms with Gasteiger partial charge in [0.2, 0.25) is 0 Å². The van der Waals surface area contributed by atoms with Crippen molar-refractivity contribution in [3.8, 4) is 0 Å². The highest BCUT2D eigenvalue weighted by Crippen LogP contribution is 2.20. The van der Waals surface area contributed by atoms with Crippen molar-refractivity contribution in [2.75, 3.05) is 5.32 Å². The van der Waals surface area contributed by atoms with E-state index in [0.29, 0.717) is 11.3 Å². The first-order valence-corrected chi connectivity index (χ1v) is 6.21. The summed E-state index contributed by atoms with van der Waals surface area (Å²) in [6.07, 6.45) is 1.68. The van der Waals surface area contributed by atoms with Gasteiger partial charge in [-0.15, -0.1) is 0 Å². The number of benzene rings is 2. The van der Waals surface area contributed by atoms with Crippen LogP contribution in [0, 0.1) is 5.82 Å². The average Bonchev–Trinajstić information content (AvgIpc) is 2.90. The van der Waals surface area contributed by atoms with Gasteiger partial charge >= 0.3 is 0 Å². The molecule has 0 aliphatic rings. The van der Waals surface area contributed by atoms with Gasteiger partial charge in [0.05, 0.1) is 16.7 Å². The quantitative estimate of drug-likeness (QED) is 0.757. The van der Waals surface area contributed by atoms with Gasteiger partial charge in [-0.25, -0.2) is 4.39 Å². The van der Waals surface area contributed by atoms with Gasteiger partial charge < -0.3 is 5.32 Å². The molecule has 3 rings (SSSR count). The predicted molar refractivity (Wildman–Crippen MR) is 75.5 cm³/mol. The summed E-state index contributed by atoms with van der Waals surface area (Å²) in [4.78, 5) is 12.1. The van der Waals surface area contributed by atoms with Crippen LogP contribution in [0.5, 0.6) is 0 Å². The number of hydrogen-bond acceptors (Lipinski definition) is 2. The Balaban J connectivity index is 1.86. The maximum Gasteiger partial charge on any atom is 0.255 e. The summed E-state index contributed by atoms with van der Waals surface area (Å²) in [5.41, 5.74) is 1.68. The summed E-state index contributed by atoms with van der Waals surface area (Å²) in [5, 5.41) is 10.2. The topological polar surface area (TPSA) is 57.8 Å². The second-order valence-corrected chi connectivity index (χ2v) is 4.66. The van der Waals surface area contributed by atoms with Crippen LogP contribution in [0.2, 0.25) is 5.02 Å². The number of carbonyl (C=O) groups excluding carboxylic acids is 1. The number of hydrogen-bond donors (Lipinski definition) is 2. The van der Waals surface area contributed by atoms with E-state index in [9.17, 15) is 9.18 Å². The van der Waals surface area contributed by atoms with Gasteiger partial charge in [-0.3, -0.25) is 9.89 Å². The van der Waals surface area contributed by atoms with Crippen LogP contribution in [0.25, 0.3) is 10.9 Å². The van der Waals surface area contributed by atoms with E-state index in [2.05, 4.69) is 15.5 Å². The van der Waals surface area contributed by atoms with Crippen molar-refractivity contribution in [3.63, 3.8) is 0 Å². The van der Waals surface area contributed by atoms with Crippen molar-refractivity contribution in [2.45, 2.75) is 0 Å². The Morgan fingerprint density at radius 2 is 2.10 bits per heavy atom. The van der Waals surface area contributed by atoms with Crippen LogP contribution in [0.1, 0.15) is 10.4 Å². The number of nitrogens with zero attached hydrogens (tertiary/aromatic N) is 1. The summed E-state index contributed by atoms with van der Waals surface area (Å²) < 4.78 is 13.0. The molecule has 1 amide bonds. The highest BCUT2D eigenvalue weighted by atomic mass is 35.5. The minimum Gasteiger partial charge on any atom is -0.322 e. The molecule has 0 saturated heterocycles. The molecule has 2 N–H and O–H groups in total. The molecule has 0 saturated carbocycles. The van der Waals surface area contributed by atoms with E-state index >= 15 is 0 Å². The molecule has 4 nitrogen and oxygen atoms in total. The molecule has 0 atom stereocenters. The lowest BCUT2D eigenvalue weighted by atomic mass is 10.1. The first-order chi connectivity index (χ1) is 9.63. The van der Waals surface area contributed by atoms with Crippen LogP contribution in [0.3, 0.4) is 0 Å². The highest BCUT2D eigenvalue weighted by molar-refractivity contribution is 6.31. The molecule has 6 heteroatoms. The molecular formula is C14H9ClFN3O. The normalized spacial score (nSPS) is 10.7. The summed E-state index contributed by atoms with van der Waals surface area (Å²) in [5.74, 6) is -0.826. The van der Waals surface area contributed by atoms with E-state index in [0.717, 1.165) is 10.9 Å². The number of aromatic nitrogens is 2. The number of nitrogens with one attached hydrogen (secondary N) is 2. The van der Waals surface area contributed by atoms with E-state index in [4.69, 9.17) is 11.6 Å². The minimum atomic E-state index is -0.524. The molecule has 1 aromatic heterocycles. The second-order valence-electron chi connectivity index (χ2n) is 4.26. The van der Waals surface area contributed by atoms with E-state index in [1.807, 2.05) is 0 Å². The lowest BCUT2D eigenvalue weighted by Crippen LogP contribution is -2.11. The summed E-state index contributed by atoms with van der Waals surface area (Å²) in [7, 11) is 0. The number of halogens is 2. The third-order valence-electron chi connectivity index (χ3n) is 2.88. The van der Waals surface area contributed by atoms with Crippen molar-refractivity contribution in [1.29, 1.82) is 0 Å². The fourth-order valence-corrected chi connectivity index (χ4v) is 2.04. The van der Waals surface area contributed by atoms with Gasteiger partial charge in [-0.2, -0.15) is 5.10 Å². The van der Waals surface area contributed by atoms with Crippen LogP contribution in [-0.2, 0) is 0 Å². The highest BCUT2D eigenvalue weighted by Gasteiger charge is 2.09. The van der Waals surface area contributed by atoms with Gasteiger partial charge in [0, 0.05) is 16.6 Å². The molecule has 0 aliphatic heterocycles. The summed E-state index contributed by atoms with van der Waals surface area (Å²) >= 11 is 5.67. The van der Waals surface area contributed by atoms with Crippen molar-refractivity contribution < 1.29 is 9.18 Å². The molecule has 1 heterocycles. The Hall–Kier alpha value is -2.40. The monoisotopic (exact) mass is 289 g/mol. The van der Waals surface area contributed by atoms with Crippen LogP contribution in [-0.4, -0.2) is 16.1 Å². The van der Waals surface area contributed by atoms with Gasteiger partial charge in [-0.05, 0) is 30.3 Å². The van der Waals surface area contributed by atoms with Gasteiger partial charge in [0.1, 0.15) is 5.82 Å². The largest absolute Gasteiger partial charge is 0.322 e. The maximum atomic E-state index is 13.0. The third kappa shape index (κ3) is 2.35. The fraction of sp³-hybridized carbons (Fsp3) is 0. The number of rotatable bonds is 2. The maximum absolute atomic E-state index is 13.0. The van der Waals surface area contributed by atoms with Crippen molar-refractivity contribution in [2.24, 2.45) is 0 Å². The molecule has 0 unspecified atom stereocenters. The lowest BCUT2D eigenvalue weighted by Gasteiger charge is -2.06. The van der Waals surface area contributed by atoms with Crippen molar-refractivity contribution >= 4 is 34.1 Å². The van der Waals surface area contributed by atoms with Crippen LogP contribution < -0.4 is 5.32 Å². The minimum absolute atomic E-state index is 0.0354. The second kappa shape index (κ2) is 4.94. The Labute approximate surface area is 118 Å². The summed E-state index contributed by atoms with van der Waals surface area (Å²) in [6, 6.07) is 9.21. The number of H-pyrrole nitrogens is 1. The molecule has 0 aliphatic carbocycles. The molecule has 0 spiro atoms. The van der Waals surface area contributed by atoms with Crippen molar-refractivity contribution in [3.05, 3.63) is 59.0 Å². The predicted octanol–water partition coefficient (Wildman–Crippen LogP) is 3.61. The zero-order chi connectivity index (χ0) is 14.1. The smallest absolute Gasteiger partial charge is 0.255 e. The van der Waals surface area contributed by atoms with Crippen LogP contribution >= 0.6 is 11.6 Å². The molecule has 100 valence electrons. The standard InChI is InChI=1S/C14H9ClFN3O/c15-11-6-10(3-4-12(11)16)18-14(20)8-1-2-9-7-17-19-13(9)5-8/h1-7H,(H,17,19)(H,18,20). The third-order valence-corrected chi connectivity index (χ3v) is 3.17. The van der Waals surface area contributed by atoms with E-state index in [-0.39, 0.29) is 10.9 Å². The average molecular weight is 290 g/mol. The SMILES string of the molecule is O=C(Nc1ccc(F)c(Cl)c1)c1ccc2cn[nH]c2c1. The number of carbonyl (C=O) groups is 1. The van der Waals surface area contributed by atoms with Gasteiger partial charge in [0.25, 0.3) is 5.91 Å². The Morgan fingerprint density at radius 1 is 1.25 bits per heavy atom. The Bertz CT molecular complexity index is 800. The first kappa shape index (κ1) is 12.6. The van der Waals surface area contributed by atoms with Crippen molar-refractivity contribution in [1.82, 2.24) is 10.2 Å². The van der Waals surface area contributed by atoms with E-state index in [1.54, 1.807) is 24.4 Å².